The fourth-order valence-corrected chi connectivity index (χ4v) is 3.52. The minimum absolute atomic E-state index is 0.118. The Labute approximate surface area is 123 Å². The van der Waals surface area contributed by atoms with Crippen molar-refractivity contribution >= 4 is 22.1 Å². The molecule has 1 aromatic heterocycles. The van der Waals surface area contributed by atoms with Crippen molar-refractivity contribution in [1.29, 1.82) is 0 Å². The summed E-state index contributed by atoms with van der Waals surface area (Å²) in [5.41, 5.74) is 1.25. The van der Waals surface area contributed by atoms with Crippen LogP contribution >= 0.6 is 11.3 Å². The van der Waals surface area contributed by atoms with Crippen molar-refractivity contribution < 1.29 is 4.21 Å². The van der Waals surface area contributed by atoms with Gasteiger partial charge in [0.2, 0.25) is 0 Å². The first-order valence-electron chi connectivity index (χ1n) is 6.73. The predicted octanol–water partition coefficient (Wildman–Crippen LogP) is 3.17. The average molecular weight is 303 g/mol. The van der Waals surface area contributed by atoms with Gasteiger partial charge in [0.05, 0.1) is 10.7 Å². The van der Waals surface area contributed by atoms with Gasteiger partial charge in [-0.05, 0) is 26.8 Å². The molecule has 0 radical (unpaired) electrons. The fourth-order valence-electron chi connectivity index (χ4n) is 1.82. The quantitative estimate of drug-likeness (QED) is 0.821. The third-order valence-electron chi connectivity index (χ3n) is 2.93. The van der Waals surface area contributed by atoms with E-state index >= 15 is 0 Å². The Morgan fingerprint density at radius 3 is 2.53 bits per heavy atom. The van der Waals surface area contributed by atoms with Gasteiger partial charge in [0.25, 0.3) is 0 Å². The van der Waals surface area contributed by atoms with E-state index in [-0.39, 0.29) is 5.41 Å². The topological polar surface area (TPSA) is 42.0 Å². The van der Waals surface area contributed by atoms with Gasteiger partial charge in [0.15, 0.2) is 0 Å². The Morgan fingerprint density at radius 1 is 1.42 bits per heavy atom. The van der Waals surface area contributed by atoms with Crippen LogP contribution in [0.15, 0.2) is 0 Å². The summed E-state index contributed by atoms with van der Waals surface area (Å²) in [6.45, 7) is 11.8. The molecule has 1 aromatic rings. The van der Waals surface area contributed by atoms with Crippen LogP contribution in [0.4, 0.5) is 0 Å². The molecule has 5 heteroatoms. The molecule has 0 saturated heterocycles. The number of aryl methyl sites for hydroxylation is 1. The highest BCUT2D eigenvalue weighted by molar-refractivity contribution is 7.84. The summed E-state index contributed by atoms with van der Waals surface area (Å²) < 4.78 is 11.0. The molecular weight excluding hydrogens is 276 g/mol. The summed E-state index contributed by atoms with van der Waals surface area (Å²) in [4.78, 5) is 6.01. The highest BCUT2D eigenvalue weighted by Crippen LogP contribution is 2.32. The summed E-state index contributed by atoms with van der Waals surface area (Å²) in [6, 6.07) is 0.318. The Hall–Kier alpha value is -0.260. The van der Waals surface area contributed by atoms with Crippen molar-refractivity contribution in [1.82, 2.24) is 10.3 Å². The second-order valence-electron chi connectivity index (χ2n) is 6.03. The Morgan fingerprint density at radius 2 is 2.05 bits per heavy atom. The zero-order valence-electron chi connectivity index (χ0n) is 12.9. The minimum atomic E-state index is -0.687. The molecule has 2 unspecified atom stereocenters. The van der Waals surface area contributed by atoms with Crippen LogP contribution in [0.5, 0.6) is 0 Å². The lowest BCUT2D eigenvalue weighted by molar-refractivity contribution is 0.573. The van der Waals surface area contributed by atoms with Gasteiger partial charge in [-0.15, -0.1) is 11.3 Å². The maximum atomic E-state index is 11.0. The van der Waals surface area contributed by atoms with Crippen LogP contribution in [0.3, 0.4) is 0 Å². The number of thiazole rings is 1. The summed E-state index contributed by atoms with van der Waals surface area (Å²) in [7, 11) is -0.687. The van der Waals surface area contributed by atoms with Crippen molar-refractivity contribution in [3.05, 3.63) is 15.6 Å². The van der Waals surface area contributed by atoms with Crippen LogP contribution in [0.1, 0.15) is 55.7 Å². The largest absolute Gasteiger partial charge is 0.309 e. The van der Waals surface area contributed by atoms with Gasteiger partial charge in [-0.2, -0.15) is 0 Å². The molecule has 0 aromatic carbocycles. The van der Waals surface area contributed by atoms with E-state index in [0.717, 1.165) is 24.4 Å². The van der Waals surface area contributed by atoms with E-state index in [2.05, 4.69) is 44.9 Å². The zero-order valence-corrected chi connectivity index (χ0v) is 14.5. The molecule has 110 valence electrons. The fraction of sp³-hybridized carbons (Fsp3) is 0.786. The number of hydrogen-bond donors (Lipinski definition) is 1. The molecule has 0 saturated carbocycles. The van der Waals surface area contributed by atoms with E-state index in [1.54, 1.807) is 17.6 Å². The first-order valence-corrected chi connectivity index (χ1v) is 9.27. The number of nitrogens with one attached hydrogen (secondary N) is 1. The number of rotatable bonds is 6. The Bertz CT molecular complexity index is 435. The van der Waals surface area contributed by atoms with Crippen LogP contribution in [-0.4, -0.2) is 27.7 Å². The van der Waals surface area contributed by atoms with E-state index in [0.29, 0.717) is 6.04 Å². The second-order valence-corrected chi connectivity index (χ2v) is 8.61. The van der Waals surface area contributed by atoms with Gasteiger partial charge in [-0.1, -0.05) is 20.8 Å². The third kappa shape index (κ3) is 5.32. The summed E-state index contributed by atoms with van der Waals surface area (Å²) in [5, 5.41) is 4.69. The van der Waals surface area contributed by atoms with Crippen molar-refractivity contribution in [3.8, 4) is 0 Å². The van der Waals surface area contributed by atoms with Crippen LogP contribution < -0.4 is 5.32 Å². The van der Waals surface area contributed by atoms with Crippen molar-refractivity contribution in [2.24, 2.45) is 0 Å². The minimum Gasteiger partial charge on any atom is -0.309 e. The second kappa shape index (κ2) is 6.95. The molecule has 1 N–H and O–H groups in total. The maximum absolute atomic E-state index is 11.0. The van der Waals surface area contributed by atoms with Crippen molar-refractivity contribution in [3.63, 3.8) is 0 Å². The summed E-state index contributed by atoms with van der Waals surface area (Å²) >= 11 is 1.81. The average Bonchev–Trinajstić information content (AvgIpc) is 2.66. The monoisotopic (exact) mass is 302 g/mol. The zero-order chi connectivity index (χ0) is 14.6. The summed E-state index contributed by atoms with van der Waals surface area (Å²) in [5.74, 6) is 0.772. The molecule has 1 rings (SSSR count). The molecule has 0 spiro atoms. The van der Waals surface area contributed by atoms with Gasteiger partial charge in [-0.25, -0.2) is 4.98 Å². The number of hydrogen-bond acceptors (Lipinski definition) is 4. The van der Waals surface area contributed by atoms with E-state index in [1.165, 1.54) is 9.88 Å². The van der Waals surface area contributed by atoms with Crippen LogP contribution in [0, 0.1) is 6.92 Å². The molecule has 0 bridgehead atoms. The van der Waals surface area contributed by atoms with E-state index in [9.17, 15) is 4.21 Å². The molecule has 19 heavy (non-hydrogen) atoms. The highest BCUT2D eigenvalue weighted by Gasteiger charge is 2.22. The Kier molecular flexibility index (Phi) is 6.15. The maximum Gasteiger partial charge on any atom is 0.0985 e. The molecule has 3 nitrogen and oxygen atoms in total. The molecule has 0 aliphatic carbocycles. The van der Waals surface area contributed by atoms with Gasteiger partial charge in [-0.3, -0.25) is 4.21 Å². The first-order chi connectivity index (χ1) is 8.71. The van der Waals surface area contributed by atoms with Gasteiger partial charge in [0.1, 0.15) is 0 Å². The SMILES string of the molecule is Cc1nc(C(C)(C)C)sc1C(C)NCCCS(C)=O. The molecule has 0 aliphatic heterocycles. The molecule has 2 atom stereocenters. The molecule has 1 heterocycles. The predicted molar refractivity (Wildman–Crippen MR) is 85.5 cm³/mol. The van der Waals surface area contributed by atoms with Crippen LogP contribution in [-0.2, 0) is 16.2 Å². The molecule has 0 fully saturated rings. The first kappa shape index (κ1) is 16.8. The van der Waals surface area contributed by atoms with Crippen LogP contribution in [0.2, 0.25) is 0 Å². The van der Waals surface area contributed by atoms with E-state index < -0.39 is 10.8 Å². The standard InChI is InChI=1S/C14H26N2OS2/c1-10(15-8-7-9-19(6)17)12-11(2)16-13(18-12)14(3,4)5/h10,15H,7-9H2,1-6H3. The lowest BCUT2D eigenvalue weighted by Gasteiger charge is -2.14. The summed E-state index contributed by atoms with van der Waals surface area (Å²) in [6.07, 6.45) is 2.71. The lowest BCUT2D eigenvalue weighted by Crippen LogP contribution is -2.21. The molecular formula is C14H26N2OS2. The van der Waals surface area contributed by atoms with Gasteiger partial charge >= 0.3 is 0 Å². The van der Waals surface area contributed by atoms with Crippen LogP contribution in [0.25, 0.3) is 0 Å². The van der Waals surface area contributed by atoms with Crippen molar-refractivity contribution in [2.75, 3.05) is 18.6 Å². The van der Waals surface area contributed by atoms with Gasteiger partial charge < -0.3 is 5.32 Å². The number of aromatic nitrogens is 1. The van der Waals surface area contributed by atoms with E-state index in [4.69, 9.17) is 0 Å². The molecule has 0 aliphatic rings. The number of nitrogens with zero attached hydrogens (tertiary/aromatic N) is 1. The third-order valence-corrected chi connectivity index (χ3v) is 5.56. The molecule has 0 amide bonds. The Balaban J connectivity index is 2.59. The van der Waals surface area contributed by atoms with Crippen molar-refractivity contribution in [2.45, 2.75) is 52.5 Å². The van der Waals surface area contributed by atoms with E-state index in [1.807, 2.05) is 0 Å². The smallest absolute Gasteiger partial charge is 0.0985 e. The van der Waals surface area contributed by atoms with Gasteiger partial charge in [0, 0.05) is 39.1 Å². The normalized spacial score (nSPS) is 15.5. The lowest BCUT2D eigenvalue weighted by atomic mass is 9.98. The highest BCUT2D eigenvalue weighted by atomic mass is 32.2.